The minimum absolute atomic E-state index is 0.264. The Labute approximate surface area is 127 Å². The maximum absolute atomic E-state index is 12.1. The number of thiophene rings is 1. The Morgan fingerprint density at radius 3 is 2.80 bits per heavy atom. The van der Waals surface area contributed by atoms with Gasteiger partial charge in [0.2, 0.25) is 5.91 Å². The standard InChI is InChI=1S/C16H28N2OS/c1-3-5-14(9-11-17)7-8-16(19)18(2)12-10-15-6-4-13-20-15/h4,6,13-14H,3,5,7-12,17H2,1-2H3. The van der Waals surface area contributed by atoms with Gasteiger partial charge in [0.05, 0.1) is 0 Å². The second kappa shape index (κ2) is 9.94. The lowest BCUT2D eigenvalue weighted by Crippen LogP contribution is -2.29. The van der Waals surface area contributed by atoms with Gasteiger partial charge < -0.3 is 10.6 Å². The van der Waals surface area contributed by atoms with Crippen molar-refractivity contribution in [1.82, 2.24) is 4.90 Å². The number of rotatable bonds is 10. The first kappa shape index (κ1) is 17.2. The van der Waals surface area contributed by atoms with Crippen LogP contribution in [0.2, 0.25) is 0 Å². The van der Waals surface area contributed by atoms with Gasteiger partial charge in [0.1, 0.15) is 0 Å². The Kier molecular flexibility index (Phi) is 8.54. The molecule has 0 saturated heterocycles. The molecule has 1 amide bonds. The lowest BCUT2D eigenvalue weighted by Gasteiger charge is -2.19. The summed E-state index contributed by atoms with van der Waals surface area (Å²) in [6, 6.07) is 4.19. The van der Waals surface area contributed by atoms with Gasteiger partial charge in [-0.15, -0.1) is 11.3 Å². The number of amides is 1. The normalized spacial score (nSPS) is 12.3. The summed E-state index contributed by atoms with van der Waals surface area (Å²) in [5.41, 5.74) is 5.63. The van der Waals surface area contributed by atoms with Gasteiger partial charge in [-0.05, 0) is 43.2 Å². The zero-order chi connectivity index (χ0) is 14.8. The number of likely N-dealkylation sites (N-methyl/N-ethyl adjacent to an activating group) is 1. The molecule has 20 heavy (non-hydrogen) atoms. The average molecular weight is 296 g/mol. The lowest BCUT2D eigenvalue weighted by atomic mass is 9.94. The van der Waals surface area contributed by atoms with Crippen molar-refractivity contribution in [2.24, 2.45) is 11.7 Å². The first-order chi connectivity index (χ1) is 9.67. The third kappa shape index (κ3) is 6.53. The summed E-state index contributed by atoms with van der Waals surface area (Å²) in [7, 11) is 1.91. The molecule has 0 spiro atoms. The summed E-state index contributed by atoms with van der Waals surface area (Å²) in [4.78, 5) is 15.3. The zero-order valence-electron chi connectivity index (χ0n) is 12.8. The molecular formula is C16H28N2OS. The Morgan fingerprint density at radius 1 is 1.40 bits per heavy atom. The minimum Gasteiger partial charge on any atom is -0.345 e. The molecule has 3 nitrogen and oxygen atoms in total. The molecule has 1 rings (SSSR count). The van der Waals surface area contributed by atoms with Gasteiger partial charge in [-0.25, -0.2) is 0 Å². The molecule has 1 atom stereocenters. The van der Waals surface area contributed by atoms with E-state index >= 15 is 0 Å². The van der Waals surface area contributed by atoms with Crippen molar-refractivity contribution in [2.75, 3.05) is 20.1 Å². The number of nitrogens with two attached hydrogens (primary N) is 1. The summed E-state index contributed by atoms with van der Waals surface area (Å²) in [5, 5.41) is 2.08. The lowest BCUT2D eigenvalue weighted by molar-refractivity contribution is -0.130. The van der Waals surface area contributed by atoms with E-state index in [0.717, 1.165) is 32.4 Å². The van der Waals surface area contributed by atoms with E-state index in [-0.39, 0.29) is 5.91 Å². The Balaban J connectivity index is 2.26. The summed E-state index contributed by atoms with van der Waals surface area (Å²) in [5.74, 6) is 0.874. The minimum atomic E-state index is 0.264. The quantitative estimate of drug-likeness (QED) is 0.720. The van der Waals surface area contributed by atoms with Crippen LogP contribution in [0.4, 0.5) is 0 Å². The molecule has 1 aromatic heterocycles. The van der Waals surface area contributed by atoms with Crippen LogP contribution >= 0.6 is 11.3 Å². The van der Waals surface area contributed by atoms with E-state index in [9.17, 15) is 4.79 Å². The number of hydrogen-bond acceptors (Lipinski definition) is 3. The average Bonchev–Trinajstić information content (AvgIpc) is 2.95. The Hall–Kier alpha value is -0.870. The maximum atomic E-state index is 12.1. The van der Waals surface area contributed by atoms with Crippen LogP contribution in [0.15, 0.2) is 17.5 Å². The second-order valence-electron chi connectivity index (χ2n) is 5.42. The van der Waals surface area contributed by atoms with Crippen LogP contribution in [-0.2, 0) is 11.2 Å². The fourth-order valence-electron chi connectivity index (χ4n) is 2.45. The van der Waals surface area contributed by atoms with E-state index in [1.54, 1.807) is 11.3 Å². The highest BCUT2D eigenvalue weighted by atomic mass is 32.1. The molecule has 0 aliphatic carbocycles. The number of hydrogen-bond donors (Lipinski definition) is 1. The van der Waals surface area contributed by atoms with Crippen LogP contribution in [0.5, 0.6) is 0 Å². The van der Waals surface area contributed by atoms with Crippen molar-refractivity contribution in [2.45, 2.75) is 45.4 Å². The molecule has 114 valence electrons. The SMILES string of the molecule is CCCC(CCN)CCC(=O)N(C)CCc1cccs1. The van der Waals surface area contributed by atoms with E-state index in [0.29, 0.717) is 12.3 Å². The summed E-state index contributed by atoms with van der Waals surface area (Å²) in [6.07, 6.45) is 6.00. The highest BCUT2D eigenvalue weighted by Gasteiger charge is 2.13. The predicted molar refractivity (Wildman–Crippen MR) is 87.0 cm³/mol. The Morgan fingerprint density at radius 2 is 2.20 bits per heavy atom. The van der Waals surface area contributed by atoms with Crippen molar-refractivity contribution < 1.29 is 4.79 Å². The van der Waals surface area contributed by atoms with E-state index in [1.807, 2.05) is 11.9 Å². The molecule has 1 aromatic rings. The molecule has 4 heteroatoms. The summed E-state index contributed by atoms with van der Waals surface area (Å²) in [6.45, 7) is 3.74. The number of nitrogens with zero attached hydrogens (tertiary/aromatic N) is 1. The molecule has 0 radical (unpaired) electrons. The highest BCUT2D eigenvalue weighted by Crippen LogP contribution is 2.17. The molecule has 2 N–H and O–H groups in total. The van der Waals surface area contributed by atoms with Gasteiger partial charge in [-0.2, -0.15) is 0 Å². The zero-order valence-corrected chi connectivity index (χ0v) is 13.6. The highest BCUT2D eigenvalue weighted by molar-refractivity contribution is 7.09. The first-order valence-electron chi connectivity index (χ1n) is 7.63. The van der Waals surface area contributed by atoms with Gasteiger partial charge in [0.15, 0.2) is 0 Å². The largest absolute Gasteiger partial charge is 0.345 e. The number of carbonyl (C=O) groups excluding carboxylic acids is 1. The molecule has 0 saturated carbocycles. The van der Waals surface area contributed by atoms with Crippen molar-refractivity contribution in [3.63, 3.8) is 0 Å². The number of carbonyl (C=O) groups is 1. The monoisotopic (exact) mass is 296 g/mol. The third-order valence-corrected chi connectivity index (χ3v) is 4.67. The van der Waals surface area contributed by atoms with Gasteiger partial charge in [0.25, 0.3) is 0 Å². The topological polar surface area (TPSA) is 46.3 Å². The molecule has 0 aliphatic rings. The van der Waals surface area contributed by atoms with Crippen LogP contribution in [0.25, 0.3) is 0 Å². The van der Waals surface area contributed by atoms with Crippen molar-refractivity contribution >= 4 is 17.2 Å². The van der Waals surface area contributed by atoms with E-state index in [1.165, 1.54) is 17.7 Å². The summed E-state index contributed by atoms with van der Waals surface area (Å²) >= 11 is 1.76. The van der Waals surface area contributed by atoms with Crippen molar-refractivity contribution in [3.8, 4) is 0 Å². The Bertz CT molecular complexity index is 359. The predicted octanol–water partition coefficient (Wildman–Crippen LogP) is 3.29. The molecule has 0 aliphatic heterocycles. The van der Waals surface area contributed by atoms with Crippen LogP contribution in [-0.4, -0.2) is 30.9 Å². The smallest absolute Gasteiger partial charge is 0.222 e. The van der Waals surface area contributed by atoms with E-state index in [2.05, 4.69) is 24.4 Å². The van der Waals surface area contributed by atoms with Crippen LogP contribution in [0, 0.1) is 5.92 Å². The molecule has 0 bridgehead atoms. The van der Waals surface area contributed by atoms with Gasteiger partial charge in [0, 0.05) is 24.9 Å². The first-order valence-corrected chi connectivity index (χ1v) is 8.51. The van der Waals surface area contributed by atoms with Crippen LogP contribution < -0.4 is 5.73 Å². The molecule has 1 heterocycles. The van der Waals surface area contributed by atoms with Gasteiger partial charge in [-0.1, -0.05) is 25.8 Å². The molecular weight excluding hydrogens is 268 g/mol. The molecule has 0 fully saturated rings. The van der Waals surface area contributed by atoms with E-state index in [4.69, 9.17) is 5.73 Å². The van der Waals surface area contributed by atoms with Gasteiger partial charge >= 0.3 is 0 Å². The van der Waals surface area contributed by atoms with E-state index < -0.39 is 0 Å². The molecule has 1 unspecified atom stereocenters. The van der Waals surface area contributed by atoms with Crippen molar-refractivity contribution in [1.29, 1.82) is 0 Å². The molecule has 0 aromatic carbocycles. The van der Waals surface area contributed by atoms with Crippen LogP contribution in [0.1, 0.15) is 43.9 Å². The fourth-order valence-corrected chi connectivity index (χ4v) is 3.15. The second-order valence-corrected chi connectivity index (χ2v) is 6.45. The third-order valence-electron chi connectivity index (χ3n) is 3.74. The maximum Gasteiger partial charge on any atom is 0.222 e. The fraction of sp³-hybridized carbons (Fsp3) is 0.688. The summed E-state index contributed by atoms with van der Waals surface area (Å²) < 4.78 is 0. The van der Waals surface area contributed by atoms with Crippen molar-refractivity contribution in [3.05, 3.63) is 22.4 Å². The van der Waals surface area contributed by atoms with Crippen LogP contribution in [0.3, 0.4) is 0 Å². The van der Waals surface area contributed by atoms with Gasteiger partial charge in [-0.3, -0.25) is 4.79 Å².